The second-order valence-electron chi connectivity index (χ2n) is 6.89. The van der Waals surface area contributed by atoms with Crippen LogP contribution in [0.2, 0.25) is 0 Å². The second-order valence-corrected chi connectivity index (χ2v) is 6.89. The first-order chi connectivity index (χ1) is 14.2. The van der Waals surface area contributed by atoms with Gasteiger partial charge in [0.15, 0.2) is 17.2 Å². The van der Waals surface area contributed by atoms with E-state index in [0.29, 0.717) is 31.9 Å². The average Bonchev–Trinajstić information content (AvgIpc) is 3.44. The SMILES string of the molecule is O=C(c1ccco1)N1CCN(c2nccn3c(-c4ccc(O)cc4)cnc23)CC1. The predicted octanol–water partition coefficient (Wildman–Crippen LogP) is 2.66. The highest BCUT2D eigenvalue weighted by molar-refractivity contribution is 5.91. The number of imidazole rings is 1. The van der Waals surface area contributed by atoms with Gasteiger partial charge in [0.2, 0.25) is 0 Å². The maximum Gasteiger partial charge on any atom is 0.289 e. The standard InChI is InChI=1S/C21H19N5O3/c27-16-5-3-15(4-6-16)17-14-23-20-19(22-7-8-26(17)20)24-9-11-25(12-10-24)21(28)18-2-1-13-29-18/h1-8,13-14,27H,9-12H2. The molecule has 1 fully saturated rings. The quantitative estimate of drug-likeness (QED) is 0.580. The second kappa shape index (κ2) is 6.97. The van der Waals surface area contributed by atoms with Crippen LogP contribution in [0.1, 0.15) is 10.6 Å². The minimum Gasteiger partial charge on any atom is -0.508 e. The van der Waals surface area contributed by atoms with E-state index in [1.807, 2.05) is 28.9 Å². The lowest BCUT2D eigenvalue weighted by Gasteiger charge is -2.35. The van der Waals surface area contributed by atoms with E-state index >= 15 is 0 Å². The number of anilines is 1. The Hall–Kier alpha value is -3.81. The van der Waals surface area contributed by atoms with Crippen LogP contribution < -0.4 is 4.90 Å². The van der Waals surface area contributed by atoms with Gasteiger partial charge in [0, 0.05) is 44.1 Å². The van der Waals surface area contributed by atoms with Gasteiger partial charge in [0.05, 0.1) is 18.2 Å². The molecule has 1 amide bonds. The number of aromatic nitrogens is 3. The van der Waals surface area contributed by atoms with Gasteiger partial charge in [-0.15, -0.1) is 0 Å². The number of aromatic hydroxyl groups is 1. The molecule has 0 atom stereocenters. The number of carbonyl (C=O) groups is 1. The molecule has 146 valence electrons. The zero-order valence-electron chi connectivity index (χ0n) is 15.6. The van der Waals surface area contributed by atoms with Crippen LogP contribution in [0.15, 0.2) is 65.7 Å². The molecule has 1 aliphatic heterocycles. The van der Waals surface area contributed by atoms with Crippen LogP contribution in [0.5, 0.6) is 5.75 Å². The third-order valence-electron chi connectivity index (χ3n) is 5.17. The summed E-state index contributed by atoms with van der Waals surface area (Å²) in [6, 6.07) is 10.4. The summed E-state index contributed by atoms with van der Waals surface area (Å²) in [6.07, 6.45) is 6.96. The van der Waals surface area contributed by atoms with E-state index in [1.54, 1.807) is 35.4 Å². The molecule has 4 aromatic rings. The molecule has 1 aliphatic rings. The maximum absolute atomic E-state index is 12.5. The molecular formula is C21H19N5O3. The number of hydrogen-bond donors (Lipinski definition) is 1. The molecule has 8 heteroatoms. The molecule has 0 spiro atoms. The minimum atomic E-state index is -0.0868. The van der Waals surface area contributed by atoms with Crippen molar-refractivity contribution in [1.82, 2.24) is 19.3 Å². The summed E-state index contributed by atoms with van der Waals surface area (Å²) in [6.45, 7) is 2.52. The average molecular weight is 389 g/mol. The molecule has 3 aromatic heterocycles. The summed E-state index contributed by atoms with van der Waals surface area (Å²) in [4.78, 5) is 25.5. The third-order valence-corrected chi connectivity index (χ3v) is 5.17. The Bertz CT molecular complexity index is 1140. The van der Waals surface area contributed by atoms with E-state index in [1.165, 1.54) is 6.26 Å². The number of piperazine rings is 1. The molecule has 0 bridgehead atoms. The van der Waals surface area contributed by atoms with Crippen LogP contribution in [0.4, 0.5) is 5.82 Å². The number of hydrogen-bond acceptors (Lipinski definition) is 6. The van der Waals surface area contributed by atoms with E-state index < -0.39 is 0 Å². The summed E-state index contributed by atoms with van der Waals surface area (Å²) in [5.41, 5.74) is 2.65. The molecule has 0 aliphatic carbocycles. The molecule has 29 heavy (non-hydrogen) atoms. The molecule has 5 rings (SSSR count). The van der Waals surface area contributed by atoms with Gasteiger partial charge in [-0.2, -0.15) is 0 Å². The molecule has 0 saturated carbocycles. The highest BCUT2D eigenvalue weighted by Crippen LogP contribution is 2.27. The van der Waals surface area contributed by atoms with Crippen molar-refractivity contribution >= 4 is 17.4 Å². The van der Waals surface area contributed by atoms with Crippen LogP contribution >= 0.6 is 0 Å². The Morgan fingerprint density at radius 2 is 1.83 bits per heavy atom. The van der Waals surface area contributed by atoms with Crippen molar-refractivity contribution in [1.29, 1.82) is 0 Å². The monoisotopic (exact) mass is 389 g/mol. The van der Waals surface area contributed by atoms with Crippen molar-refractivity contribution in [3.8, 4) is 17.0 Å². The first-order valence-corrected chi connectivity index (χ1v) is 9.40. The molecule has 4 heterocycles. The molecule has 0 unspecified atom stereocenters. The molecule has 1 N–H and O–H groups in total. The van der Waals surface area contributed by atoms with Gasteiger partial charge >= 0.3 is 0 Å². The van der Waals surface area contributed by atoms with Gasteiger partial charge in [-0.1, -0.05) is 0 Å². The van der Waals surface area contributed by atoms with Crippen LogP contribution in [-0.4, -0.2) is 56.5 Å². The molecule has 0 radical (unpaired) electrons. The molecule has 1 aromatic carbocycles. The maximum atomic E-state index is 12.5. The predicted molar refractivity (Wildman–Crippen MR) is 107 cm³/mol. The van der Waals surface area contributed by atoms with Gasteiger partial charge < -0.3 is 19.3 Å². The van der Waals surface area contributed by atoms with Gasteiger partial charge in [0.1, 0.15) is 5.75 Å². The van der Waals surface area contributed by atoms with E-state index in [9.17, 15) is 9.90 Å². The lowest BCUT2D eigenvalue weighted by atomic mass is 10.1. The molecular weight excluding hydrogens is 370 g/mol. The van der Waals surface area contributed by atoms with Crippen molar-refractivity contribution in [2.24, 2.45) is 0 Å². The van der Waals surface area contributed by atoms with Crippen molar-refractivity contribution in [3.63, 3.8) is 0 Å². The third kappa shape index (κ3) is 3.08. The Balaban J connectivity index is 1.39. The number of furan rings is 1. The van der Waals surface area contributed by atoms with Crippen molar-refractivity contribution in [3.05, 3.63) is 67.0 Å². The normalized spacial score (nSPS) is 14.5. The zero-order valence-corrected chi connectivity index (χ0v) is 15.6. The van der Waals surface area contributed by atoms with Crippen molar-refractivity contribution in [2.75, 3.05) is 31.1 Å². The van der Waals surface area contributed by atoms with E-state index in [-0.39, 0.29) is 11.7 Å². The van der Waals surface area contributed by atoms with E-state index in [2.05, 4.69) is 14.9 Å². The smallest absolute Gasteiger partial charge is 0.289 e. The number of rotatable bonds is 3. The summed E-state index contributed by atoms with van der Waals surface area (Å²) < 4.78 is 7.22. The fourth-order valence-corrected chi connectivity index (χ4v) is 3.65. The summed E-state index contributed by atoms with van der Waals surface area (Å²) >= 11 is 0. The summed E-state index contributed by atoms with van der Waals surface area (Å²) in [5, 5.41) is 9.53. The Kier molecular flexibility index (Phi) is 4.16. The van der Waals surface area contributed by atoms with Gasteiger partial charge in [-0.25, -0.2) is 9.97 Å². The Labute approximate surface area is 166 Å². The lowest BCUT2D eigenvalue weighted by Crippen LogP contribution is -2.49. The minimum absolute atomic E-state index is 0.0868. The Morgan fingerprint density at radius 1 is 1.03 bits per heavy atom. The van der Waals surface area contributed by atoms with Crippen LogP contribution in [0.25, 0.3) is 16.9 Å². The van der Waals surface area contributed by atoms with Crippen LogP contribution in [-0.2, 0) is 0 Å². The topological polar surface area (TPSA) is 87.1 Å². The fourth-order valence-electron chi connectivity index (χ4n) is 3.65. The number of amides is 1. The fraction of sp³-hybridized carbons (Fsp3) is 0.190. The summed E-state index contributed by atoms with van der Waals surface area (Å²) in [5.74, 6) is 1.30. The first-order valence-electron chi connectivity index (χ1n) is 9.40. The zero-order chi connectivity index (χ0) is 19.8. The Morgan fingerprint density at radius 3 is 2.55 bits per heavy atom. The van der Waals surface area contributed by atoms with Crippen LogP contribution in [0.3, 0.4) is 0 Å². The first kappa shape index (κ1) is 17.3. The van der Waals surface area contributed by atoms with E-state index in [0.717, 1.165) is 22.7 Å². The number of fused-ring (bicyclic) bond motifs is 1. The highest BCUT2D eigenvalue weighted by atomic mass is 16.3. The molecule has 8 nitrogen and oxygen atoms in total. The van der Waals surface area contributed by atoms with Gasteiger partial charge in [-0.3, -0.25) is 9.20 Å². The lowest BCUT2D eigenvalue weighted by molar-refractivity contribution is 0.0714. The summed E-state index contributed by atoms with van der Waals surface area (Å²) in [7, 11) is 0. The largest absolute Gasteiger partial charge is 0.508 e. The van der Waals surface area contributed by atoms with Crippen molar-refractivity contribution in [2.45, 2.75) is 0 Å². The van der Waals surface area contributed by atoms with Crippen molar-refractivity contribution < 1.29 is 14.3 Å². The number of carbonyl (C=O) groups excluding carboxylic acids is 1. The number of phenols is 1. The highest BCUT2D eigenvalue weighted by Gasteiger charge is 2.26. The van der Waals surface area contributed by atoms with Crippen LogP contribution in [0, 0.1) is 0 Å². The van der Waals surface area contributed by atoms with Gasteiger partial charge in [0.25, 0.3) is 5.91 Å². The number of benzene rings is 1. The van der Waals surface area contributed by atoms with Gasteiger partial charge in [-0.05, 0) is 36.4 Å². The number of phenolic OH excluding ortho intramolecular Hbond substituents is 1. The van der Waals surface area contributed by atoms with E-state index in [4.69, 9.17) is 4.42 Å². The number of nitrogens with zero attached hydrogens (tertiary/aromatic N) is 5. The molecule has 1 saturated heterocycles.